The molecule has 1 aliphatic rings. The topological polar surface area (TPSA) is 95.6 Å². The van der Waals surface area contributed by atoms with Crippen LogP contribution in [0.5, 0.6) is 0 Å². The van der Waals surface area contributed by atoms with Crippen molar-refractivity contribution in [3.8, 4) is 0 Å². The van der Waals surface area contributed by atoms with Crippen LogP contribution in [0.4, 0.5) is 5.69 Å². The molecule has 7 nitrogen and oxygen atoms in total. The molecule has 0 bridgehead atoms. The molecule has 3 rings (SSSR count). The predicted octanol–water partition coefficient (Wildman–Crippen LogP) is 1.78. The molecule has 1 heterocycles. The molecule has 0 radical (unpaired) electrons. The summed E-state index contributed by atoms with van der Waals surface area (Å²) in [4.78, 5) is 48.7. The van der Waals surface area contributed by atoms with Gasteiger partial charge in [-0.05, 0) is 29.8 Å². The molecule has 1 saturated heterocycles. The van der Waals surface area contributed by atoms with Gasteiger partial charge in [0.1, 0.15) is 0 Å². The number of rotatable bonds is 7. The lowest BCUT2D eigenvalue weighted by molar-refractivity contribution is -0.122. The van der Waals surface area contributed by atoms with Gasteiger partial charge in [-0.1, -0.05) is 30.3 Å². The number of nitrogens with one attached hydrogen (secondary N) is 2. The first-order valence-corrected chi connectivity index (χ1v) is 9.09. The number of hydrogen-bond donors (Lipinski definition) is 2. The van der Waals surface area contributed by atoms with Crippen LogP contribution in [0, 0.1) is 0 Å². The van der Waals surface area contributed by atoms with E-state index in [9.17, 15) is 19.2 Å². The molecule has 0 saturated carbocycles. The van der Waals surface area contributed by atoms with Gasteiger partial charge in [0.15, 0.2) is 0 Å². The zero-order valence-electron chi connectivity index (χ0n) is 15.3. The number of imide groups is 1. The van der Waals surface area contributed by atoms with Gasteiger partial charge in [0.25, 0.3) is 5.91 Å². The molecule has 0 atom stereocenters. The monoisotopic (exact) mass is 379 g/mol. The number of benzene rings is 2. The first kappa shape index (κ1) is 19.3. The Morgan fingerprint density at radius 1 is 0.857 bits per heavy atom. The average molecular weight is 379 g/mol. The van der Waals surface area contributed by atoms with Crippen LogP contribution < -0.4 is 15.5 Å². The molecule has 0 aliphatic carbocycles. The molecule has 0 spiro atoms. The maximum atomic E-state index is 12.2. The Hall–Kier alpha value is -3.48. The summed E-state index contributed by atoms with van der Waals surface area (Å²) >= 11 is 0. The first-order chi connectivity index (χ1) is 13.5. The Labute approximate surface area is 162 Å². The van der Waals surface area contributed by atoms with Gasteiger partial charge < -0.3 is 10.6 Å². The third-order valence-electron chi connectivity index (χ3n) is 4.41. The van der Waals surface area contributed by atoms with Crippen molar-refractivity contribution < 1.29 is 19.2 Å². The zero-order chi connectivity index (χ0) is 19.9. The lowest BCUT2D eigenvalue weighted by atomic mass is 10.2. The summed E-state index contributed by atoms with van der Waals surface area (Å²) < 4.78 is 0. The van der Waals surface area contributed by atoms with Gasteiger partial charge in [-0.25, -0.2) is 0 Å². The van der Waals surface area contributed by atoms with Gasteiger partial charge in [-0.2, -0.15) is 0 Å². The van der Waals surface area contributed by atoms with E-state index in [1.165, 1.54) is 0 Å². The van der Waals surface area contributed by atoms with Crippen molar-refractivity contribution in [1.82, 2.24) is 10.6 Å². The van der Waals surface area contributed by atoms with E-state index >= 15 is 0 Å². The quantitative estimate of drug-likeness (QED) is 0.717. The fourth-order valence-electron chi connectivity index (χ4n) is 2.90. The minimum atomic E-state index is -0.318. The molecular weight excluding hydrogens is 358 g/mol. The molecule has 7 heteroatoms. The van der Waals surface area contributed by atoms with Crippen LogP contribution in [0.3, 0.4) is 0 Å². The van der Waals surface area contributed by atoms with E-state index in [2.05, 4.69) is 10.6 Å². The molecule has 2 aromatic rings. The maximum Gasteiger partial charge on any atom is 0.251 e. The lowest BCUT2D eigenvalue weighted by Gasteiger charge is -2.14. The summed E-state index contributed by atoms with van der Waals surface area (Å²) in [5, 5.41) is 5.49. The molecule has 1 aliphatic heterocycles. The number of hydrogen-bond acceptors (Lipinski definition) is 4. The van der Waals surface area contributed by atoms with Gasteiger partial charge >= 0.3 is 0 Å². The smallest absolute Gasteiger partial charge is 0.251 e. The molecule has 2 aromatic carbocycles. The number of carbonyl (C=O) groups excluding carboxylic acids is 4. The highest BCUT2D eigenvalue weighted by Gasteiger charge is 2.30. The van der Waals surface area contributed by atoms with E-state index in [0.29, 0.717) is 17.8 Å². The third-order valence-corrected chi connectivity index (χ3v) is 4.41. The van der Waals surface area contributed by atoms with E-state index in [4.69, 9.17) is 0 Å². The standard InChI is InChI=1S/C21H21N3O4/c25-18(23-14-15-4-2-1-3-5-15)12-13-22-21(28)16-6-8-17(9-7-16)24-19(26)10-11-20(24)27/h1-9H,10-14H2,(H,22,28)(H,23,25). The van der Waals surface area contributed by atoms with Crippen LogP contribution in [-0.2, 0) is 20.9 Å². The van der Waals surface area contributed by atoms with Crippen molar-refractivity contribution in [2.75, 3.05) is 11.4 Å². The summed E-state index contributed by atoms with van der Waals surface area (Å²) in [5.41, 5.74) is 1.87. The van der Waals surface area contributed by atoms with Crippen molar-refractivity contribution in [2.45, 2.75) is 25.8 Å². The second-order valence-electron chi connectivity index (χ2n) is 6.44. The minimum Gasteiger partial charge on any atom is -0.352 e. The highest BCUT2D eigenvalue weighted by atomic mass is 16.2. The summed E-state index contributed by atoms with van der Waals surface area (Å²) in [6, 6.07) is 15.8. The van der Waals surface area contributed by atoms with E-state index in [1.807, 2.05) is 30.3 Å². The van der Waals surface area contributed by atoms with E-state index in [1.54, 1.807) is 24.3 Å². The maximum absolute atomic E-state index is 12.2. The molecule has 1 fully saturated rings. The fraction of sp³-hybridized carbons (Fsp3) is 0.238. The van der Waals surface area contributed by atoms with Crippen molar-refractivity contribution in [3.05, 3.63) is 65.7 Å². The number of anilines is 1. The predicted molar refractivity (Wildman–Crippen MR) is 103 cm³/mol. The van der Waals surface area contributed by atoms with E-state index < -0.39 is 0 Å². The molecule has 2 N–H and O–H groups in total. The lowest BCUT2D eigenvalue weighted by Crippen LogP contribution is -2.31. The summed E-state index contributed by atoms with van der Waals surface area (Å²) in [7, 11) is 0. The van der Waals surface area contributed by atoms with Crippen LogP contribution in [0.15, 0.2) is 54.6 Å². The molecule has 0 unspecified atom stereocenters. The Morgan fingerprint density at radius 2 is 1.50 bits per heavy atom. The van der Waals surface area contributed by atoms with Crippen molar-refractivity contribution >= 4 is 29.3 Å². The second kappa shape index (κ2) is 8.94. The second-order valence-corrected chi connectivity index (χ2v) is 6.44. The minimum absolute atomic E-state index is 0.148. The molecule has 0 aromatic heterocycles. The van der Waals surface area contributed by atoms with Crippen LogP contribution in [-0.4, -0.2) is 30.2 Å². The molecule has 28 heavy (non-hydrogen) atoms. The van der Waals surface area contributed by atoms with Gasteiger partial charge in [0.05, 0.1) is 5.69 Å². The molecule has 144 valence electrons. The summed E-state index contributed by atoms with van der Waals surface area (Å²) in [6.45, 7) is 0.660. The SMILES string of the molecule is O=C(CCNC(=O)c1ccc(N2C(=O)CCC2=O)cc1)NCc1ccccc1. The molecule has 4 amide bonds. The highest BCUT2D eigenvalue weighted by Crippen LogP contribution is 2.22. The van der Waals surface area contributed by atoms with Crippen molar-refractivity contribution in [2.24, 2.45) is 0 Å². The normalized spacial score (nSPS) is 13.5. The number of amides is 4. The van der Waals surface area contributed by atoms with Gasteiger partial charge in [-0.3, -0.25) is 24.1 Å². The average Bonchev–Trinajstić information content (AvgIpc) is 3.05. The van der Waals surface area contributed by atoms with Gasteiger partial charge in [-0.15, -0.1) is 0 Å². The van der Waals surface area contributed by atoms with Gasteiger partial charge in [0, 0.05) is 37.9 Å². The first-order valence-electron chi connectivity index (χ1n) is 9.09. The Bertz CT molecular complexity index is 862. The van der Waals surface area contributed by atoms with Crippen LogP contribution >= 0.6 is 0 Å². The van der Waals surface area contributed by atoms with Crippen molar-refractivity contribution in [3.63, 3.8) is 0 Å². The Kier molecular flexibility index (Phi) is 6.16. The van der Waals surface area contributed by atoms with Crippen LogP contribution in [0.2, 0.25) is 0 Å². The number of nitrogens with zero attached hydrogens (tertiary/aromatic N) is 1. The highest BCUT2D eigenvalue weighted by molar-refractivity contribution is 6.19. The summed E-state index contributed by atoms with van der Waals surface area (Å²) in [6.07, 6.45) is 0.605. The number of carbonyl (C=O) groups is 4. The van der Waals surface area contributed by atoms with Crippen molar-refractivity contribution in [1.29, 1.82) is 0 Å². The zero-order valence-corrected chi connectivity index (χ0v) is 15.3. The van der Waals surface area contributed by atoms with E-state index in [-0.39, 0.29) is 49.4 Å². The summed E-state index contributed by atoms with van der Waals surface area (Å²) in [5.74, 6) is -0.931. The van der Waals surface area contributed by atoms with Crippen LogP contribution in [0.25, 0.3) is 0 Å². The Balaban J connectivity index is 1.44. The Morgan fingerprint density at radius 3 is 2.14 bits per heavy atom. The van der Waals surface area contributed by atoms with Crippen LogP contribution in [0.1, 0.15) is 35.2 Å². The van der Waals surface area contributed by atoms with Gasteiger partial charge in [0.2, 0.25) is 17.7 Å². The third kappa shape index (κ3) is 4.82. The fourth-order valence-corrected chi connectivity index (χ4v) is 2.90. The van der Waals surface area contributed by atoms with E-state index in [0.717, 1.165) is 10.5 Å². The molecular formula is C21H21N3O4. The largest absolute Gasteiger partial charge is 0.352 e.